The Morgan fingerprint density at radius 2 is 2.00 bits per heavy atom. The first kappa shape index (κ1) is 9.42. The van der Waals surface area contributed by atoms with Crippen LogP contribution in [0.15, 0.2) is 30.3 Å². The molecule has 1 aromatic rings. The van der Waals surface area contributed by atoms with Gasteiger partial charge in [0.2, 0.25) is 9.04 Å². The minimum Gasteiger partial charge on any atom is -0.413 e. The van der Waals surface area contributed by atoms with Gasteiger partial charge in [0.15, 0.2) is 0 Å². The van der Waals surface area contributed by atoms with Crippen LogP contribution >= 0.6 is 0 Å². The Labute approximate surface area is 73.9 Å². The molecule has 12 heavy (non-hydrogen) atoms. The van der Waals surface area contributed by atoms with Gasteiger partial charge in [0.1, 0.15) is 6.30 Å². The highest BCUT2D eigenvalue weighted by molar-refractivity contribution is 6.67. The van der Waals surface area contributed by atoms with Gasteiger partial charge in [0.05, 0.1) is 0 Å². The van der Waals surface area contributed by atoms with Crippen LogP contribution in [0.25, 0.3) is 0 Å². The van der Waals surface area contributed by atoms with E-state index in [2.05, 4.69) is 0 Å². The summed E-state index contributed by atoms with van der Waals surface area (Å²) in [7, 11) is -1.74. The molecule has 66 valence electrons. The molecule has 0 aliphatic heterocycles. The van der Waals surface area contributed by atoms with E-state index >= 15 is 0 Å². The van der Waals surface area contributed by atoms with E-state index in [9.17, 15) is 4.39 Å². The van der Waals surface area contributed by atoms with Crippen LogP contribution in [0, 0.1) is 0 Å². The second-order valence-electron chi connectivity index (χ2n) is 2.51. The van der Waals surface area contributed by atoms with E-state index in [1.165, 1.54) is 0 Å². The summed E-state index contributed by atoms with van der Waals surface area (Å²) >= 11 is 0. The van der Waals surface area contributed by atoms with Crippen LogP contribution in [-0.4, -0.2) is 21.9 Å². The monoisotopic (exact) mass is 184 g/mol. The van der Waals surface area contributed by atoms with Crippen molar-refractivity contribution in [3.8, 4) is 0 Å². The molecule has 0 saturated heterocycles. The van der Waals surface area contributed by atoms with Crippen molar-refractivity contribution >= 4 is 14.2 Å². The first-order valence-electron chi connectivity index (χ1n) is 4.11. The largest absolute Gasteiger partial charge is 0.413 e. The molecule has 0 N–H and O–H groups in total. The highest BCUT2D eigenvalue weighted by Crippen LogP contribution is 1.91. The van der Waals surface area contributed by atoms with E-state index in [4.69, 9.17) is 4.43 Å². The molecule has 0 amide bonds. The van der Waals surface area contributed by atoms with Gasteiger partial charge < -0.3 is 4.43 Å². The molecule has 0 aromatic heterocycles. The lowest BCUT2D eigenvalue weighted by molar-refractivity contribution is 0.337. The topological polar surface area (TPSA) is 9.23 Å². The number of halogens is 1. The van der Waals surface area contributed by atoms with E-state index in [1.807, 2.05) is 37.3 Å². The molecule has 0 bridgehead atoms. The average Bonchev–Trinajstić information content (AvgIpc) is 2.15. The predicted molar refractivity (Wildman–Crippen MR) is 50.8 cm³/mol. The van der Waals surface area contributed by atoms with E-state index in [1.54, 1.807) is 0 Å². The Balaban J connectivity index is 2.66. The van der Waals surface area contributed by atoms with Crippen LogP contribution in [0.3, 0.4) is 0 Å². The van der Waals surface area contributed by atoms with Crippen LogP contribution in [0.5, 0.6) is 0 Å². The number of alkyl halides is 1. The zero-order chi connectivity index (χ0) is 8.81. The molecule has 0 heterocycles. The van der Waals surface area contributed by atoms with Crippen LogP contribution in [0.1, 0.15) is 6.92 Å². The molecule has 0 aliphatic carbocycles. The lowest BCUT2D eigenvalue weighted by Gasteiger charge is -2.10. The Kier molecular flexibility index (Phi) is 3.97. The lowest BCUT2D eigenvalue weighted by atomic mass is 10.4. The molecule has 1 nitrogen and oxygen atoms in total. The van der Waals surface area contributed by atoms with Gasteiger partial charge in [-0.15, -0.1) is 0 Å². The molecule has 0 fully saturated rings. The molecule has 0 spiro atoms. The van der Waals surface area contributed by atoms with E-state index < -0.39 is 9.04 Å². The van der Waals surface area contributed by atoms with E-state index in [0.29, 0.717) is 6.61 Å². The van der Waals surface area contributed by atoms with Gasteiger partial charge in [0, 0.05) is 6.61 Å². The third kappa shape index (κ3) is 2.43. The molecule has 0 saturated carbocycles. The minimum atomic E-state index is -1.74. The van der Waals surface area contributed by atoms with Gasteiger partial charge >= 0.3 is 0 Å². The number of hydrogen-bond acceptors (Lipinski definition) is 1. The second-order valence-corrected chi connectivity index (χ2v) is 4.79. The van der Waals surface area contributed by atoms with E-state index in [-0.39, 0.29) is 6.30 Å². The Bertz CT molecular complexity index is 215. The molecule has 3 heteroatoms. The Morgan fingerprint density at radius 1 is 1.33 bits per heavy atom. The summed E-state index contributed by atoms with van der Waals surface area (Å²) in [6.45, 7) is 2.51. The highest BCUT2D eigenvalue weighted by Gasteiger charge is 2.12. The third-order valence-electron chi connectivity index (χ3n) is 1.68. The summed E-state index contributed by atoms with van der Waals surface area (Å²) in [6.07, 6.45) is -0.322. The van der Waals surface area contributed by atoms with Crippen LogP contribution in [0.4, 0.5) is 4.39 Å². The number of rotatable bonds is 4. The number of benzene rings is 1. The van der Waals surface area contributed by atoms with Crippen molar-refractivity contribution in [3.05, 3.63) is 30.3 Å². The normalized spacial score (nSPS) is 12.8. The molecule has 1 aromatic carbocycles. The Hall–Kier alpha value is -0.673. The quantitative estimate of drug-likeness (QED) is 0.638. The van der Waals surface area contributed by atoms with Gasteiger partial charge in [-0.2, -0.15) is 0 Å². The molecule has 0 radical (unpaired) electrons. The van der Waals surface area contributed by atoms with Crippen molar-refractivity contribution in [3.63, 3.8) is 0 Å². The summed E-state index contributed by atoms with van der Waals surface area (Å²) in [5, 5.41) is 1.04. The summed E-state index contributed by atoms with van der Waals surface area (Å²) in [5.74, 6) is 0. The highest BCUT2D eigenvalue weighted by atomic mass is 28.3. The zero-order valence-corrected chi connectivity index (χ0v) is 8.32. The fourth-order valence-electron chi connectivity index (χ4n) is 1.10. The fraction of sp³-hybridized carbons (Fsp3) is 0.333. The molecular formula is C9H13FOSi. The van der Waals surface area contributed by atoms with Gasteiger partial charge in [-0.05, 0) is 12.1 Å². The van der Waals surface area contributed by atoms with E-state index in [0.717, 1.165) is 5.19 Å². The summed E-state index contributed by atoms with van der Waals surface area (Å²) in [6, 6.07) is 9.64. The SMILES string of the molecule is CCO[SiH](CF)c1ccccc1. The van der Waals surface area contributed by atoms with Gasteiger partial charge in [0.25, 0.3) is 0 Å². The average molecular weight is 184 g/mol. The molecule has 1 rings (SSSR count). The predicted octanol–water partition coefficient (Wildman–Crippen LogP) is 1.16. The van der Waals surface area contributed by atoms with Crippen LogP contribution < -0.4 is 5.19 Å². The van der Waals surface area contributed by atoms with Gasteiger partial charge in [-0.25, -0.2) is 0 Å². The third-order valence-corrected chi connectivity index (χ3v) is 3.82. The minimum absolute atomic E-state index is 0.322. The lowest BCUT2D eigenvalue weighted by Crippen LogP contribution is -2.35. The van der Waals surface area contributed by atoms with Crippen molar-refractivity contribution in [2.24, 2.45) is 0 Å². The molecular weight excluding hydrogens is 171 g/mol. The second kappa shape index (κ2) is 5.06. The summed E-state index contributed by atoms with van der Waals surface area (Å²) < 4.78 is 17.8. The van der Waals surface area contributed by atoms with Crippen LogP contribution in [-0.2, 0) is 4.43 Å². The maximum absolute atomic E-state index is 12.5. The molecule has 1 atom stereocenters. The van der Waals surface area contributed by atoms with Crippen molar-refractivity contribution in [1.29, 1.82) is 0 Å². The van der Waals surface area contributed by atoms with Crippen LogP contribution in [0.2, 0.25) is 0 Å². The first-order chi connectivity index (χ1) is 5.88. The maximum Gasteiger partial charge on any atom is 0.238 e. The standard InChI is InChI=1S/C9H13FOSi/c1-2-11-12(8-10)9-6-4-3-5-7-9/h3-7,12H,2,8H2,1H3. The molecule has 1 unspecified atom stereocenters. The van der Waals surface area contributed by atoms with Crippen molar-refractivity contribution in [2.45, 2.75) is 6.92 Å². The Morgan fingerprint density at radius 3 is 2.50 bits per heavy atom. The molecule has 0 aliphatic rings. The summed E-state index contributed by atoms with van der Waals surface area (Å²) in [4.78, 5) is 0. The summed E-state index contributed by atoms with van der Waals surface area (Å²) in [5.41, 5.74) is 0. The van der Waals surface area contributed by atoms with Crippen molar-refractivity contribution in [1.82, 2.24) is 0 Å². The van der Waals surface area contributed by atoms with Gasteiger partial charge in [-0.1, -0.05) is 30.3 Å². The van der Waals surface area contributed by atoms with Crippen molar-refractivity contribution < 1.29 is 8.82 Å². The number of hydrogen-bond donors (Lipinski definition) is 0. The van der Waals surface area contributed by atoms with Gasteiger partial charge in [-0.3, -0.25) is 4.39 Å². The smallest absolute Gasteiger partial charge is 0.238 e. The maximum atomic E-state index is 12.5. The first-order valence-corrected chi connectivity index (χ1v) is 5.97. The van der Waals surface area contributed by atoms with Crippen molar-refractivity contribution in [2.75, 3.05) is 12.9 Å². The zero-order valence-electron chi connectivity index (χ0n) is 7.16. The fourth-order valence-corrected chi connectivity index (χ4v) is 2.61.